The summed E-state index contributed by atoms with van der Waals surface area (Å²) in [6.45, 7) is 0.531. The summed E-state index contributed by atoms with van der Waals surface area (Å²) < 4.78 is 26.0. The Hall–Kier alpha value is -1.52. The number of ether oxygens (including phenoxy) is 1. The van der Waals surface area contributed by atoms with Crippen molar-refractivity contribution in [2.24, 2.45) is 5.73 Å². The van der Waals surface area contributed by atoms with Gasteiger partial charge in [0.25, 0.3) is 0 Å². The first-order chi connectivity index (χ1) is 7.79. The summed E-state index contributed by atoms with van der Waals surface area (Å²) in [5, 5.41) is 7.07. The summed E-state index contributed by atoms with van der Waals surface area (Å²) in [5.41, 5.74) is 5.08. The van der Waals surface area contributed by atoms with Gasteiger partial charge in [-0.3, -0.25) is 10.2 Å². The van der Waals surface area contributed by atoms with E-state index in [4.69, 9.17) is 20.0 Å². The number of esters is 1. The molecular weight excluding hydrogens is 182 g/mol. The smallest absolute Gasteiger partial charge is 0.325 e. The fourth-order valence-corrected chi connectivity index (χ4v) is 0.674. The third-order valence-corrected chi connectivity index (χ3v) is 1.39. The van der Waals surface area contributed by atoms with Crippen molar-refractivity contribution in [1.29, 1.82) is 5.41 Å². The highest BCUT2D eigenvalue weighted by Crippen LogP contribution is 1.92. The van der Waals surface area contributed by atoms with E-state index in [-0.39, 0.29) is 6.61 Å². The van der Waals surface area contributed by atoms with Gasteiger partial charge >= 0.3 is 5.97 Å². The van der Waals surface area contributed by atoms with E-state index < -0.39 is 25.4 Å². The number of hydrogen-bond acceptors (Lipinski definition) is 3. The van der Waals surface area contributed by atoms with Crippen LogP contribution in [0.2, 0.25) is 0 Å². The molecule has 0 aliphatic rings. The number of guanidine groups is 1. The van der Waals surface area contributed by atoms with Crippen LogP contribution in [0.25, 0.3) is 0 Å². The Labute approximate surface area is 88.2 Å². The van der Waals surface area contributed by atoms with Gasteiger partial charge in [0, 0.05) is 11.1 Å². The molecule has 0 aromatic rings. The van der Waals surface area contributed by atoms with Crippen LogP contribution in [-0.4, -0.2) is 37.0 Å². The molecule has 0 unspecified atom stereocenters. The molecule has 0 rings (SSSR count). The molecule has 3 N–H and O–H groups in total. The third-order valence-electron chi connectivity index (χ3n) is 1.39. The van der Waals surface area contributed by atoms with Crippen LogP contribution in [0.5, 0.6) is 0 Å². The number of likely N-dealkylation sites (N-methyl/N-ethyl adjacent to an activating group) is 1. The lowest BCUT2D eigenvalue weighted by Crippen LogP contribution is -2.37. The zero-order chi connectivity index (χ0) is 13.5. The van der Waals surface area contributed by atoms with Crippen molar-refractivity contribution in [2.75, 3.05) is 20.1 Å². The average Bonchev–Trinajstić information content (AvgIpc) is 2.19. The van der Waals surface area contributed by atoms with Gasteiger partial charge in [-0.1, -0.05) is 6.08 Å². The molecule has 0 atom stereocenters. The first-order valence-corrected chi connectivity index (χ1v) is 4.17. The van der Waals surface area contributed by atoms with Gasteiger partial charge in [-0.2, -0.15) is 0 Å². The Morgan fingerprint density at radius 1 is 1.86 bits per heavy atom. The van der Waals surface area contributed by atoms with E-state index in [1.165, 1.54) is 0 Å². The van der Waals surface area contributed by atoms with E-state index in [1.807, 2.05) is 0 Å². The Balaban J connectivity index is 4.15. The molecule has 0 saturated carbocycles. The fraction of sp³-hybridized carbons (Fsp3) is 0.556. The largest absolute Gasteiger partial charge is 0.464 e. The molecule has 0 heterocycles. The fourth-order valence-electron chi connectivity index (χ4n) is 0.674. The summed E-state index contributed by atoms with van der Waals surface area (Å²) in [6, 6.07) is 0. The van der Waals surface area contributed by atoms with E-state index in [1.54, 1.807) is 6.08 Å². The van der Waals surface area contributed by atoms with Crippen molar-refractivity contribution in [3.63, 3.8) is 0 Å². The van der Waals surface area contributed by atoms with Gasteiger partial charge in [0.05, 0.1) is 6.61 Å². The van der Waals surface area contributed by atoms with Crippen molar-refractivity contribution < 1.29 is 13.6 Å². The van der Waals surface area contributed by atoms with Gasteiger partial charge in [-0.05, 0) is 12.8 Å². The Kier molecular flexibility index (Phi) is 3.89. The predicted molar refractivity (Wildman–Crippen MR) is 54.9 cm³/mol. The molecule has 0 aliphatic carbocycles. The first kappa shape index (κ1) is 7.84. The van der Waals surface area contributed by atoms with Crippen LogP contribution >= 0.6 is 0 Å². The van der Waals surface area contributed by atoms with Crippen molar-refractivity contribution in [1.82, 2.24) is 4.90 Å². The Morgan fingerprint density at radius 2 is 2.57 bits per heavy atom. The maximum atomic E-state index is 11.3. The van der Waals surface area contributed by atoms with Crippen molar-refractivity contribution >= 4 is 11.9 Å². The number of unbranched alkanes of at least 4 members (excludes halogenated alkanes) is 1. The van der Waals surface area contributed by atoms with Crippen molar-refractivity contribution in [2.45, 2.75) is 12.8 Å². The molecule has 0 aromatic carbocycles. The van der Waals surface area contributed by atoms with Crippen molar-refractivity contribution in [3.8, 4) is 0 Å². The number of allylic oxidation sites excluding steroid dienone is 1. The summed E-state index contributed by atoms with van der Waals surface area (Å²) in [5.74, 6) is -1.41. The minimum Gasteiger partial charge on any atom is -0.464 e. The van der Waals surface area contributed by atoms with Gasteiger partial charge in [0.2, 0.25) is 0 Å². The monoisotopic (exact) mass is 202 g/mol. The molecular formula is C9H17N3O2. The zero-order valence-electron chi connectivity index (χ0n) is 11.0. The first-order valence-electron chi connectivity index (χ1n) is 5.67. The second kappa shape index (κ2) is 6.94. The summed E-state index contributed by atoms with van der Waals surface area (Å²) in [6.07, 6.45) is 3.03. The highest BCUT2D eigenvalue weighted by molar-refractivity contribution is 5.80. The van der Waals surface area contributed by atoms with E-state index >= 15 is 0 Å². The number of nitrogens with one attached hydrogen (secondary N) is 1. The minimum atomic E-state index is -2.62. The summed E-state index contributed by atoms with van der Waals surface area (Å²) in [4.78, 5) is 11.8. The Morgan fingerprint density at radius 3 is 3.07 bits per heavy atom. The van der Waals surface area contributed by atoms with Crippen LogP contribution in [0.1, 0.15) is 17.0 Å². The number of hydrogen-bond donors (Lipinski definition) is 2. The van der Waals surface area contributed by atoms with Crippen LogP contribution in [-0.2, 0) is 9.53 Å². The van der Waals surface area contributed by atoms with Crippen LogP contribution in [0.15, 0.2) is 12.7 Å². The van der Waals surface area contributed by atoms with E-state index in [0.29, 0.717) is 17.7 Å². The topological polar surface area (TPSA) is 79.4 Å². The van der Waals surface area contributed by atoms with E-state index in [9.17, 15) is 4.79 Å². The lowest BCUT2D eigenvalue weighted by Gasteiger charge is -2.15. The van der Waals surface area contributed by atoms with Crippen molar-refractivity contribution in [3.05, 3.63) is 12.7 Å². The van der Waals surface area contributed by atoms with Crippen LogP contribution in [0.3, 0.4) is 0 Å². The van der Waals surface area contributed by atoms with Gasteiger partial charge in [-0.25, -0.2) is 0 Å². The average molecular weight is 202 g/mol. The summed E-state index contributed by atoms with van der Waals surface area (Å²) >= 11 is 0. The van der Waals surface area contributed by atoms with Gasteiger partial charge in [0.15, 0.2) is 5.96 Å². The van der Waals surface area contributed by atoms with Gasteiger partial charge in [0.1, 0.15) is 6.54 Å². The molecule has 0 radical (unpaired) electrons. The highest BCUT2D eigenvalue weighted by atomic mass is 16.5. The molecule has 80 valence electrons. The van der Waals surface area contributed by atoms with Crippen LogP contribution in [0, 0.1) is 5.41 Å². The number of nitrogens with zero attached hydrogens (tertiary/aromatic N) is 1. The molecule has 5 heteroatoms. The normalized spacial score (nSPS) is 13.3. The molecule has 0 aromatic heterocycles. The second-order valence-corrected chi connectivity index (χ2v) is 2.62. The maximum absolute atomic E-state index is 11.3. The molecule has 0 aliphatic heterocycles. The molecule has 0 amide bonds. The molecule has 0 spiro atoms. The van der Waals surface area contributed by atoms with E-state index in [2.05, 4.69) is 6.58 Å². The summed E-state index contributed by atoms with van der Waals surface area (Å²) in [7, 11) is 0. The molecule has 14 heavy (non-hydrogen) atoms. The number of nitrogens with two attached hydrogens (primary N) is 1. The second-order valence-electron chi connectivity index (χ2n) is 2.62. The standard InChI is InChI=1S/C9H17N3O2/c1-3-4-5-6-14-8(13)7-12(2)9(10)11/h3H,1,4-7H2,2H3,(H3,10,11)/i2D3. The quantitative estimate of drug-likeness (QED) is 0.214. The number of carbonyl (C=O) groups excluding carboxylic acids is 1. The van der Waals surface area contributed by atoms with E-state index in [0.717, 1.165) is 0 Å². The Bertz CT molecular complexity index is 292. The number of carbonyl (C=O) groups is 1. The third kappa shape index (κ3) is 6.05. The molecule has 0 bridgehead atoms. The van der Waals surface area contributed by atoms with Crippen LogP contribution in [0.4, 0.5) is 0 Å². The minimum absolute atomic E-state index is 0.192. The molecule has 0 fully saturated rings. The molecule has 0 saturated heterocycles. The van der Waals surface area contributed by atoms with Crippen LogP contribution < -0.4 is 5.73 Å². The highest BCUT2D eigenvalue weighted by Gasteiger charge is 2.07. The predicted octanol–water partition coefficient (Wildman–Crippen LogP) is 0.321. The molecule has 5 nitrogen and oxygen atoms in total. The van der Waals surface area contributed by atoms with Gasteiger partial charge in [-0.15, -0.1) is 6.58 Å². The lowest BCUT2D eigenvalue weighted by atomic mass is 10.3. The SMILES string of the molecule is [2H]C([2H])([2H])N(CC(=O)OCCCC=C)C(=N)N. The maximum Gasteiger partial charge on any atom is 0.325 e. The number of rotatable bonds is 6. The zero-order valence-corrected chi connectivity index (χ0v) is 7.95. The lowest BCUT2D eigenvalue weighted by molar-refractivity contribution is -0.143. The van der Waals surface area contributed by atoms with Gasteiger partial charge < -0.3 is 15.4 Å².